The molecule has 0 bridgehead atoms. The molecule has 0 radical (unpaired) electrons. The lowest BCUT2D eigenvalue weighted by Crippen LogP contribution is -2.38. The van der Waals surface area contributed by atoms with E-state index in [1.54, 1.807) is 0 Å². The van der Waals surface area contributed by atoms with Crippen LogP contribution in [0.25, 0.3) is 0 Å². The highest BCUT2D eigenvalue weighted by Gasteiger charge is 2.29. The zero-order valence-corrected chi connectivity index (χ0v) is 11.7. The number of aromatic nitrogens is 1. The second kappa shape index (κ2) is 6.69. The molecule has 0 fully saturated rings. The van der Waals surface area contributed by atoms with Gasteiger partial charge in [-0.3, -0.25) is 9.59 Å². The Morgan fingerprint density at radius 1 is 0.913 bits per heavy atom. The van der Waals surface area contributed by atoms with Crippen molar-refractivity contribution in [2.45, 2.75) is 0 Å². The average Bonchev–Trinajstić information content (AvgIpc) is 3.05. The predicted octanol–water partition coefficient (Wildman–Crippen LogP) is 1.96. The van der Waals surface area contributed by atoms with E-state index in [9.17, 15) is 31.5 Å². The highest BCUT2D eigenvalue weighted by atomic mass is 32.1. The van der Waals surface area contributed by atoms with Gasteiger partial charge in [0.15, 0.2) is 23.3 Å². The van der Waals surface area contributed by atoms with Crippen molar-refractivity contribution in [3.8, 4) is 0 Å². The summed E-state index contributed by atoms with van der Waals surface area (Å²) in [5, 5.41) is 5.35. The number of hydrogen-bond donors (Lipinski definition) is 2. The number of carbonyl (C=O) groups is 2. The average molecular weight is 351 g/mol. The number of amides is 2. The Bertz CT molecular complexity index is 738. The van der Waals surface area contributed by atoms with Crippen LogP contribution >= 0.6 is 11.3 Å². The molecule has 0 aliphatic rings. The summed E-state index contributed by atoms with van der Waals surface area (Å²) in [6.45, 7) is -0.602. The van der Waals surface area contributed by atoms with Gasteiger partial charge < -0.3 is 10.6 Å². The van der Waals surface area contributed by atoms with Gasteiger partial charge in [-0.25, -0.2) is 26.9 Å². The molecular weight excluding hydrogens is 345 g/mol. The molecule has 0 unspecified atom stereocenters. The lowest BCUT2D eigenvalue weighted by atomic mass is 10.1. The highest BCUT2D eigenvalue weighted by molar-refractivity contribution is 7.07. The zero-order valence-electron chi connectivity index (χ0n) is 10.9. The molecule has 1 aromatic heterocycles. The number of benzene rings is 1. The fourth-order valence-electron chi connectivity index (χ4n) is 1.51. The summed E-state index contributed by atoms with van der Waals surface area (Å²) >= 11 is 1.14. The van der Waals surface area contributed by atoms with Crippen LogP contribution in [0.15, 0.2) is 10.9 Å². The third kappa shape index (κ3) is 3.28. The van der Waals surface area contributed by atoms with Crippen molar-refractivity contribution in [1.29, 1.82) is 0 Å². The van der Waals surface area contributed by atoms with E-state index >= 15 is 0 Å². The first kappa shape index (κ1) is 16.8. The van der Waals surface area contributed by atoms with Crippen molar-refractivity contribution >= 4 is 23.2 Å². The van der Waals surface area contributed by atoms with E-state index in [-0.39, 0.29) is 5.69 Å². The van der Waals surface area contributed by atoms with Gasteiger partial charge in [0, 0.05) is 5.38 Å². The maximum absolute atomic E-state index is 13.4. The Hall–Kier alpha value is -2.56. The van der Waals surface area contributed by atoms with E-state index in [2.05, 4.69) is 10.3 Å². The molecule has 0 spiro atoms. The topological polar surface area (TPSA) is 71.1 Å². The molecule has 5 nitrogen and oxygen atoms in total. The molecule has 2 N–H and O–H groups in total. The molecule has 2 amide bonds. The molecule has 0 saturated heterocycles. The largest absolute Gasteiger partial charge is 0.334 e. The van der Waals surface area contributed by atoms with Crippen LogP contribution in [0.5, 0.6) is 0 Å². The molecule has 23 heavy (non-hydrogen) atoms. The molecule has 11 heteroatoms. The molecule has 2 rings (SSSR count). The summed E-state index contributed by atoms with van der Waals surface area (Å²) in [6, 6.07) is 0. The van der Waals surface area contributed by atoms with Gasteiger partial charge >= 0.3 is 0 Å². The molecular formula is C12H6F5N3O2S. The van der Waals surface area contributed by atoms with Crippen molar-refractivity contribution in [3.63, 3.8) is 0 Å². The van der Waals surface area contributed by atoms with Gasteiger partial charge in [0.25, 0.3) is 11.8 Å². The fourth-order valence-corrected chi connectivity index (χ4v) is 2.04. The van der Waals surface area contributed by atoms with Crippen LogP contribution in [-0.2, 0) is 0 Å². The molecule has 2 aromatic rings. The summed E-state index contributed by atoms with van der Waals surface area (Å²) in [7, 11) is 0. The Kier molecular flexibility index (Phi) is 4.89. The van der Waals surface area contributed by atoms with Crippen LogP contribution in [0.1, 0.15) is 20.8 Å². The molecule has 1 heterocycles. The number of hydrogen-bond acceptors (Lipinski definition) is 4. The van der Waals surface area contributed by atoms with Gasteiger partial charge in [-0.2, -0.15) is 0 Å². The summed E-state index contributed by atoms with van der Waals surface area (Å²) in [6.07, 6.45) is 0. The van der Waals surface area contributed by atoms with Crippen LogP contribution in [0.3, 0.4) is 0 Å². The Morgan fingerprint density at radius 3 is 1.96 bits per heavy atom. The Morgan fingerprint density at radius 2 is 1.43 bits per heavy atom. The van der Waals surface area contributed by atoms with E-state index in [1.165, 1.54) is 10.9 Å². The summed E-state index contributed by atoms with van der Waals surface area (Å²) in [4.78, 5) is 26.7. The summed E-state index contributed by atoms with van der Waals surface area (Å²) in [5.41, 5.74) is -0.215. The van der Waals surface area contributed by atoms with Crippen molar-refractivity contribution in [1.82, 2.24) is 15.6 Å². The van der Waals surface area contributed by atoms with Crippen molar-refractivity contribution in [2.24, 2.45) is 0 Å². The molecule has 0 aliphatic heterocycles. The van der Waals surface area contributed by atoms with Gasteiger partial charge in [-0.1, -0.05) is 0 Å². The van der Waals surface area contributed by atoms with Gasteiger partial charge in [0.05, 0.1) is 12.2 Å². The molecule has 1 aromatic carbocycles. The highest BCUT2D eigenvalue weighted by Crippen LogP contribution is 2.22. The normalized spacial score (nSPS) is 10.5. The number of carbonyl (C=O) groups excluding carboxylic acids is 2. The quantitative estimate of drug-likeness (QED) is 0.383. The summed E-state index contributed by atoms with van der Waals surface area (Å²) in [5.74, 6) is -13.6. The minimum absolute atomic E-state index is 0.0421. The van der Waals surface area contributed by atoms with Crippen LogP contribution in [0.4, 0.5) is 22.0 Å². The maximum atomic E-state index is 13.4. The van der Waals surface area contributed by atoms with Gasteiger partial charge in [0.1, 0.15) is 11.3 Å². The maximum Gasteiger partial charge on any atom is 0.272 e. The molecule has 0 saturated carbocycles. The Labute approximate surface area is 129 Å². The zero-order chi connectivity index (χ0) is 17.1. The first-order valence-corrected chi connectivity index (χ1v) is 6.74. The lowest BCUT2D eigenvalue weighted by Gasteiger charge is -2.09. The fraction of sp³-hybridized carbons (Fsp3) is 0.0833. The van der Waals surface area contributed by atoms with Crippen LogP contribution in [0, 0.1) is 29.1 Å². The monoisotopic (exact) mass is 351 g/mol. The van der Waals surface area contributed by atoms with E-state index in [0.29, 0.717) is 0 Å². The van der Waals surface area contributed by atoms with Gasteiger partial charge in [-0.15, -0.1) is 11.3 Å². The minimum Gasteiger partial charge on any atom is -0.334 e. The first-order chi connectivity index (χ1) is 10.8. The van der Waals surface area contributed by atoms with E-state index in [1.807, 2.05) is 5.32 Å². The standard InChI is InChI=1S/C12H6F5N3O2S/c13-6-5(7(14)9(16)10(17)8(6)15)12(22)19-2-18-11(21)4-1-23-3-20-4/h1,3H,2H2,(H,18,21)(H,19,22). The van der Waals surface area contributed by atoms with Crippen LogP contribution in [-0.4, -0.2) is 23.5 Å². The van der Waals surface area contributed by atoms with Crippen LogP contribution < -0.4 is 10.6 Å². The lowest BCUT2D eigenvalue weighted by molar-refractivity contribution is 0.0912. The smallest absolute Gasteiger partial charge is 0.272 e. The molecule has 0 atom stereocenters. The number of rotatable bonds is 4. The van der Waals surface area contributed by atoms with Crippen molar-refractivity contribution in [3.05, 3.63) is 51.2 Å². The second-order valence-corrected chi connectivity index (χ2v) is 4.73. The SMILES string of the molecule is O=C(NCNC(=O)c1c(F)c(F)c(F)c(F)c1F)c1cscn1. The first-order valence-electron chi connectivity index (χ1n) is 5.80. The van der Waals surface area contributed by atoms with Crippen LogP contribution in [0.2, 0.25) is 0 Å². The minimum atomic E-state index is -2.37. The second-order valence-electron chi connectivity index (χ2n) is 4.01. The van der Waals surface area contributed by atoms with E-state index in [4.69, 9.17) is 0 Å². The summed E-state index contributed by atoms with van der Waals surface area (Å²) < 4.78 is 65.6. The van der Waals surface area contributed by atoms with E-state index < -0.39 is 53.1 Å². The number of nitrogens with zero attached hydrogens (tertiary/aromatic N) is 1. The van der Waals surface area contributed by atoms with Gasteiger partial charge in [-0.05, 0) is 0 Å². The number of halogens is 5. The Balaban J connectivity index is 2.09. The third-order valence-corrected chi connectivity index (χ3v) is 3.19. The number of nitrogens with one attached hydrogen (secondary N) is 2. The predicted molar refractivity (Wildman–Crippen MR) is 68.1 cm³/mol. The molecule has 122 valence electrons. The number of thiazole rings is 1. The van der Waals surface area contributed by atoms with Gasteiger partial charge in [0.2, 0.25) is 5.82 Å². The van der Waals surface area contributed by atoms with Crippen molar-refractivity contribution in [2.75, 3.05) is 6.67 Å². The van der Waals surface area contributed by atoms with E-state index in [0.717, 1.165) is 11.3 Å². The van der Waals surface area contributed by atoms with Crippen molar-refractivity contribution < 1.29 is 31.5 Å². The third-order valence-electron chi connectivity index (χ3n) is 2.60. The molecule has 0 aliphatic carbocycles.